The van der Waals surface area contributed by atoms with Crippen LogP contribution >= 0.6 is 0 Å². The van der Waals surface area contributed by atoms with Gasteiger partial charge in [-0.1, -0.05) is 5.16 Å². The lowest BCUT2D eigenvalue weighted by atomic mass is 10.2. The predicted molar refractivity (Wildman–Crippen MR) is 43.3 cm³/mol. The molecule has 0 aromatic rings. The van der Waals surface area contributed by atoms with E-state index in [0.29, 0.717) is 6.42 Å². The molecule has 2 aliphatic rings. The van der Waals surface area contributed by atoms with Crippen LogP contribution in [0.15, 0.2) is 10.1 Å². The normalized spacial score (nSPS) is 26.7. The van der Waals surface area contributed by atoms with E-state index in [1.165, 1.54) is 0 Å². The molecule has 0 N–H and O–H groups in total. The van der Waals surface area contributed by atoms with Crippen LogP contribution in [0.3, 0.4) is 0 Å². The molecule has 0 aromatic carbocycles. The molecule has 2 rings (SSSR count). The van der Waals surface area contributed by atoms with Gasteiger partial charge in [0.2, 0.25) is 6.23 Å². The van der Waals surface area contributed by atoms with Gasteiger partial charge in [0.25, 0.3) is 5.91 Å². The van der Waals surface area contributed by atoms with Gasteiger partial charge in [0.15, 0.2) is 0 Å². The highest BCUT2D eigenvalue weighted by molar-refractivity contribution is 6.35. The molecule has 0 saturated carbocycles. The minimum atomic E-state index is -0.609. The average molecular weight is 181 g/mol. The van der Waals surface area contributed by atoms with Crippen molar-refractivity contribution in [2.75, 3.05) is 0 Å². The molecule has 13 heavy (non-hydrogen) atoms. The smallest absolute Gasteiger partial charge is 0.353 e. The van der Waals surface area contributed by atoms with Gasteiger partial charge in [-0.15, -0.1) is 0 Å². The van der Waals surface area contributed by atoms with E-state index < -0.39 is 18.2 Å². The molecule has 0 aliphatic carbocycles. The molecule has 0 spiro atoms. The summed E-state index contributed by atoms with van der Waals surface area (Å²) in [5, 5.41) is 3.65. The zero-order chi connectivity index (χ0) is 9.42. The van der Waals surface area contributed by atoms with Gasteiger partial charge in [0, 0.05) is 6.42 Å². The van der Waals surface area contributed by atoms with Crippen LogP contribution in [0.2, 0.25) is 0 Å². The minimum Gasteiger partial charge on any atom is -0.370 e. The van der Waals surface area contributed by atoms with E-state index in [1.54, 1.807) is 6.92 Å². The van der Waals surface area contributed by atoms with Gasteiger partial charge < -0.3 is 4.84 Å². The lowest BCUT2D eigenvalue weighted by Crippen LogP contribution is -2.40. The minimum absolute atomic E-state index is 0.445. The third kappa shape index (κ3) is 1.20. The van der Waals surface area contributed by atoms with Crippen LogP contribution in [0.25, 0.3) is 0 Å². The van der Waals surface area contributed by atoms with Crippen LogP contribution < -0.4 is 0 Å². The lowest BCUT2D eigenvalue weighted by Gasteiger charge is -2.17. The van der Waals surface area contributed by atoms with Crippen molar-refractivity contribution in [2.24, 2.45) is 10.1 Å². The van der Waals surface area contributed by atoms with Crippen LogP contribution in [0.5, 0.6) is 0 Å². The lowest BCUT2D eigenvalue weighted by molar-refractivity contribution is -0.129. The number of aliphatic imine (C=N–C) groups is 1. The summed E-state index contributed by atoms with van der Waals surface area (Å²) in [6.45, 7) is 1.77. The second kappa shape index (κ2) is 2.65. The average Bonchev–Trinajstić information content (AvgIpc) is 2.60. The van der Waals surface area contributed by atoms with E-state index in [-0.39, 0.29) is 0 Å². The van der Waals surface area contributed by atoms with Gasteiger partial charge in [0.05, 0.1) is 11.9 Å². The number of hydrogen-bond acceptors (Lipinski definition) is 4. The molecule has 0 saturated heterocycles. The molecular formula is C7H7N3O3. The number of nitrogens with zero attached hydrogens (tertiary/aromatic N) is 3. The second-order valence-electron chi connectivity index (χ2n) is 2.84. The summed E-state index contributed by atoms with van der Waals surface area (Å²) >= 11 is 0. The summed E-state index contributed by atoms with van der Waals surface area (Å²) < 4.78 is 0. The van der Waals surface area contributed by atoms with E-state index in [4.69, 9.17) is 4.84 Å². The Morgan fingerprint density at radius 1 is 1.62 bits per heavy atom. The van der Waals surface area contributed by atoms with Crippen LogP contribution in [-0.2, 0) is 9.63 Å². The predicted octanol–water partition coefficient (Wildman–Crippen LogP) is 0.142. The highest BCUT2D eigenvalue weighted by atomic mass is 16.7. The van der Waals surface area contributed by atoms with E-state index in [0.717, 1.165) is 16.8 Å². The molecule has 68 valence electrons. The molecule has 2 heterocycles. The monoisotopic (exact) mass is 181 g/mol. The van der Waals surface area contributed by atoms with Crippen LogP contribution in [-0.4, -0.2) is 35.0 Å². The summed E-state index contributed by atoms with van der Waals surface area (Å²) in [5.41, 5.74) is 0.762. The van der Waals surface area contributed by atoms with Gasteiger partial charge in [0.1, 0.15) is 0 Å². The highest BCUT2D eigenvalue weighted by Gasteiger charge is 2.36. The Morgan fingerprint density at radius 2 is 2.38 bits per heavy atom. The largest absolute Gasteiger partial charge is 0.370 e. The number of amides is 3. The van der Waals surface area contributed by atoms with E-state index in [2.05, 4.69) is 10.1 Å². The Morgan fingerprint density at radius 3 is 2.85 bits per heavy atom. The summed E-state index contributed by atoms with van der Waals surface area (Å²) in [4.78, 5) is 31.3. The first-order valence-electron chi connectivity index (χ1n) is 3.79. The van der Waals surface area contributed by atoms with Crippen molar-refractivity contribution in [1.29, 1.82) is 0 Å². The summed E-state index contributed by atoms with van der Waals surface area (Å²) in [6.07, 6.45) is 0.836. The molecule has 6 nitrogen and oxygen atoms in total. The van der Waals surface area contributed by atoms with Crippen molar-refractivity contribution in [3.8, 4) is 0 Å². The zero-order valence-corrected chi connectivity index (χ0v) is 6.93. The molecule has 0 bridgehead atoms. The Bertz CT molecular complexity index is 316. The Balaban J connectivity index is 2.11. The fourth-order valence-electron chi connectivity index (χ4n) is 1.21. The van der Waals surface area contributed by atoms with Gasteiger partial charge in [-0.05, 0) is 6.92 Å². The molecule has 6 heteroatoms. The molecule has 0 aromatic heterocycles. The molecule has 2 aliphatic heterocycles. The molecule has 0 fully saturated rings. The maximum absolute atomic E-state index is 11.1. The molecule has 3 amide bonds. The quantitative estimate of drug-likeness (QED) is 0.577. The summed E-state index contributed by atoms with van der Waals surface area (Å²) in [5.74, 6) is -0.445. The van der Waals surface area contributed by atoms with E-state index in [1.807, 2.05) is 0 Å². The fourth-order valence-corrected chi connectivity index (χ4v) is 1.21. The van der Waals surface area contributed by atoms with Crippen molar-refractivity contribution in [3.05, 3.63) is 0 Å². The van der Waals surface area contributed by atoms with E-state index in [9.17, 15) is 9.59 Å². The van der Waals surface area contributed by atoms with Gasteiger partial charge >= 0.3 is 6.03 Å². The zero-order valence-electron chi connectivity index (χ0n) is 6.93. The summed E-state index contributed by atoms with van der Waals surface area (Å²) in [7, 11) is 0. The molecular weight excluding hydrogens is 174 g/mol. The molecule has 1 atom stereocenters. The number of oxime groups is 1. The van der Waals surface area contributed by atoms with Gasteiger partial charge in [-0.3, -0.25) is 4.79 Å². The fraction of sp³-hybridized carbons (Fsp3) is 0.429. The number of imide groups is 1. The van der Waals surface area contributed by atoms with Gasteiger partial charge in [-0.25, -0.2) is 9.69 Å². The van der Waals surface area contributed by atoms with Crippen LogP contribution in [0.1, 0.15) is 13.3 Å². The number of rotatable bonds is 1. The second-order valence-corrected chi connectivity index (χ2v) is 2.84. The highest BCUT2D eigenvalue weighted by Crippen LogP contribution is 2.17. The number of hydrogen-bond donors (Lipinski definition) is 0. The van der Waals surface area contributed by atoms with Crippen molar-refractivity contribution in [3.63, 3.8) is 0 Å². The SMILES string of the molecule is CC1=NOC(N2C(=O)C=NC2=O)C1. The molecule has 1 unspecified atom stereocenters. The Hall–Kier alpha value is -1.72. The maximum Gasteiger partial charge on any atom is 0.353 e. The number of carbonyl (C=O) groups is 2. The number of urea groups is 1. The third-order valence-electron chi connectivity index (χ3n) is 1.82. The standard InChI is InChI=1S/C7H7N3O3/c1-4-2-6(13-9-4)10-5(11)3-8-7(10)12/h3,6H,2H2,1H3. The van der Waals surface area contributed by atoms with Gasteiger partial charge in [-0.2, -0.15) is 4.99 Å². The van der Waals surface area contributed by atoms with Crippen LogP contribution in [0.4, 0.5) is 4.79 Å². The number of carbonyl (C=O) groups excluding carboxylic acids is 2. The van der Waals surface area contributed by atoms with Crippen molar-refractivity contribution >= 4 is 23.9 Å². The molecule has 0 radical (unpaired) electrons. The maximum atomic E-state index is 11.1. The first kappa shape index (κ1) is 7.90. The van der Waals surface area contributed by atoms with Crippen molar-refractivity contribution in [2.45, 2.75) is 19.6 Å². The Kier molecular flexibility index (Phi) is 1.61. The summed E-state index contributed by atoms with van der Waals surface area (Å²) in [6, 6.07) is -0.583. The van der Waals surface area contributed by atoms with Crippen molar-refractivity contribution in [1.82, 2.24) is 4.90 Å². The first-order chi connectivity index (χ1) is 6.18. The third-order valence-corrected chi connectivity index (χ3v) is 1.82. The topological polar surface area (TPSA) is 71.3 Å². The van der Waals surface area contributed by atoms with E-state index >= 15 is 0 Å². The van der Waals surface area contributed by atoms with Crippen molar-refractivity contribution < 1.29 is 14.4 Å². The van der Waals surface area contributed by atoms with Crippen LogP contribution in [0, 0.1) is 0 Å². The first-order valence-corrected chi connectivity index (χ1v) is 3.79. The Labute approximate surface area is 73.9 Å².